The second kappa shape index (κ2) is 4.45. The van der Waals surface area contributed by atoms with Gasteiger partial charge in [0.1, 0.15) is 5.82 Å². The molecule has 0 aromatic heterocycles. The van der Waals surface area contributed by atoms with Gasteiger partial charge in [0.15, 0.2) is 0 Å². The third-order valence-electron chi connectivity index (χ3n) is 3.32. The van der Waals surface area contributed by atoms with Gasteiger partial charge in [-0.2, -0.15) is 0 Å². The van der Waals surface area contributed by atoms with E-state index in [1.807, 2.05) is 0 Å². The van der Waals surface area contributed by atoms with Crippen LogP contribution >= 0.6 is 0 Å². The second-order valence-corrected chi connectivity index (χ2v) is 4.79. The molecule has 0 spiro atoms. The molecule has 1 aromatic rings. The number of rotatable bonds is 4. The normalized spacial score (nSPS) is 18.5. The molecule has 3 N–H and O–H groups in total. The average molecular weight is 236 g/mol. The number of amides is 1. The fourth-order valence-electron chi connectivity index (χ4n) is 1.94. The molecule has 0 heterocycles. The number of nitrogens with one attached hydrogen (secondary N) is 1. The predicted molar refractivity (Wildman–Crippen MR) is 64.0 cm³/mol. The first-order valence-electron chi connectivity index (χ1n) is 5.83. The van der Waals surface area contributed by atoms with Crippen molar-refractivity contribution < 1.29 is 9.18 Å². The van der Waals surface area contributed by atoms with Crippen LogP contribution in [0.3, 0.4) is 0 Å². The van der Waals surface area contributed by atoms with Crippen LogP contribution in [0.2, 0.25) is 0 Å². The number of carbonyl (C=O) groups is 1. The summed E-state index contributed by atoms with van der Waals surface area (Å²) in [5, 5.41) is 2.84. The lowest BCUT2D eigenvalue weighted by Gasteiger charge is -2.17. The minimum atomic E-state index is -0.487. The van der Waals surface area contributed by atoms with E-state index in [2.05, 4.69) is 5.32 Å². The lowest BCUT2D eigenvalue weighted by molar-refractivity contribution is -0.122. The standard InChI is InChI=1S/C13H17FN2O/c1-9(15)12(17)16-8-13(6-7-13)10-2-4-11(14)5-3-10/h2-5,9H,6-8,15H2,1H3,(H,16,17)/t9-/m0/s1. The van der Waals surface area contributed by atoms with Crippen LogP contribution in [0.15, 0.2) is 24.3 Å². The van der Waals surface area contributed by atoms with Crippen molar-refractivity contribution >= 4 is 5.91 Å². The number of benzene rings is 1. The Labute approximate surface area is 100 Å². The van der Waals surface area contributed by atoms with Crippen LogP contribution in [-0.2, 0) is 10.2 Å². The van der Waals surface area contributed by atoms with Gasteiger partial charge in [0.2, 0.25) is 5.91 Å². The molecule has 3 nitrogen and oxygen atoms in total. The minimum absolute atomic E-state index is 0.00174. The number of carbonyl (C=O) groups excluding carboxylic acids is 1. The molecule has 0 saturated heterocycles. The molecule has 17 heavy (non-hydrogen) atoms. The van der Waals surface area contributed by atoms with Crippen molar-refractivity contribution in [2.45, 2.75) is 31.2 Å². The van der Waals surface area contributed by atoms with E-state index in [1.54, 1.807) is 19.1 Å². The predicted octanol–water partition coefficient (Wildman–Crippen LogP) is 1.32. The highest BCUT2D eigenvalue weighted by Crippen LogP contribution is 2.47. The molecule has 1 aromatic carbocycles. The molecule has 0 unspecified atom stereocenters. The van der Waals surface area contributed by atoms with Gasteiger partial charge in [0, 0.05) is 12.0 Å². The van der Waals surface area contributed by atoms with Crippen LogP contribution in [0.1, 0.15) is 25.3 Å². The Morgan fingerprint density at radius 1 is 1.47 bits per heavy atom. The van der Waals surface area contributed by atoms with Gasteiger partial charge in [0.25, 0.3) is 0 Å². The maximum atomic E-state index is 12.8. The van der Waals surface area contributed by atoms with Crippen molar-refractivity contribution in [1.82, 2.24) is 5.32 Å². The van der Waals surface area contributed by atoms with Gasteiger partial charge in [-0.3, -0.25) is 4.79 Å². The zero-order chi connectivity index (χ0) is 12.5. The molecule has 1 amide bonds. The molecule has 1 saturated carbocycles. The van der Waals surface area contributed by atoms with Gasteiger partial charge in [0.05, 0.1) is 6.04 Å². The first-order valence-corrected chi connectivity index (χ1v) is 5.83. The van der Waals surface area contributed by atoms with Gasteiger partial charge in [-0.1, -0.05) is 12.1 Å². The fraction of sp³-hybridized carbons (Fsp3) is 0.462. The summed E-state index contributed by atoms with van der Waals surface area (Å²) < 4.78 is 12.8. The van der Waals surface area contributed by atoms with E-state index in [-0.39, 0.29) is 17.1 Å². The molecule has 4 heteroatoms. The third kappa shape index (κ3) is 2.64. The van der Waals surface area contributed by atoms with E-state index in [4.69, 9.17) is 5.73 Å². The summed E-state index contributed by atoms with van der Waals surface area (Å²) >= 11 is 0. The van der Waals surface area contributed by atoms with Gasteiger partial charge >= 0.3 is 0 Å². The van der Waals surface area contributed by atoms with Gasteiger partial charge in [-0.15, -0.1) is 0 Å². The summed E-state index contributed by atoms with van der Waals surface area (Å²) in [7, 11) is 0. The Morgan fingerprint density at radius 2 is 2.06 bits per heavy atom. The van der Waals surface area contributed by atoms with Crippen molar-refractivity contribution in [2.24, 2.45) is 5.73 Å². The lowest BCUT2D eigenvalue weighted by Crippen LogP contribution is -2.41. The van der Waals surface area contributed by atoms with E-state index in [0.717, 1.165) is 18.4 Å². The van der Waals surface area contributed by atoms with Crippen molar-refractivity contribution in [1.29, 1.82) is 0 Å². The average Bonchev–Trinajstić information content (AvgIpc) is 3.08. The van der Waals surface area contributed by atoms with Crippen LogP contribution in [-0.4, -0.2) is 18.5 Å². The highest BCUT2D eigenvalue weighted by atomic mass is 19.1. The monoisotopic (exact) mass is 236 g/mol. The zero-order valence-corrected chi connectivity index (χ0v) is 9.87. The van der Waals surface area contributed by atoms with Crippen LogP contribution in [0.5, 0.6) is 0 Å². The number of hydrogen-bond acceptors (Lipinski definition) is 2. The van der Waals surface area contributed by atoms with Crippen molar-refractivity contribution in [3.63, 3.8) is 0 Å². The third-order valence-corrected chi connectivity index (χ3v) is 3.32. The molecule has 1 fully saturated rings. The van der Waals surface area contributed by atoms with E-state index in [9.17, 15) is 9.18 Å². The molecule has 1 aliphatic rings. The molecule has 1 atom stereocenters. The summed E-state index contributed by atoms with van der Waals surface area (Å²) in [6.45, 7) is 2.24. The van der Waals surface area contributed by atoms with Gasteiger partial charge in [-0.05, 0) is 37.5 Å². The Balaban J connectivity index is 2.00. The molecule has 92 valence electrons. The number of halogens is 1. The summed E-state index contributed by atoms with van der Waals surface area (Å²) in [5.74, 6) is -0.373. The highest BCUT2D eigenvalue weighted by molar-refractivity contribution is 5.81. The molecule has 0 aliphatic heterocycles. The molecular formula is C13H17FN2O. The van der Waals surface area contributed by atoms with Crippen molar-refractivity contribution in [2.75, 3.05) is 6.54 Å². The number of nitrogens with two attached hydrogens (primary N) is 1. The first-order chi connectivity index (χ1) is 8.03. The Kier molecular flexibility index (Phi) is 3.15. The molecule has 0 bridgehead atoms. The second-order valence-electron chi connectivity index (χ2n) is 4.79. The quantitative estimate of drug-likeness (QED) is 0.828. The maximum Gasteiger partial charge on any atom is 0.236 e. The lowest BCUT2D eigenvalue weighted by atomic mass is 9.96. The fourth-order valence-corrected chi connectivity index (χ4v) is 1.94. The van der Waals surface area contributed by atoms with Gasteiger partial charge in [-0.25, -0.2) is 4.39 Å². The summed E-state index contributed by atoms with van der Waals surface area (Å²) in [4.78, 5) is 11.4. The number of hydrogen-bond donors (Lipinski definition) is 2. The van der Waals surface area contributed by atoms with E-state index in [0.29, 0.717) is 6.54 Å². The molecule has 0 radical (unpaired) electrons. The van der Waals surface area contributed by atoms with E-state index < -0.39 is 6.04 Å². The Hall–Kier alpha value is -1.42. The van der Waals surface area contributed by atoms with E-state index >= 15 is 0 Å². The highest BCUT2D eigenvalue weighted by Gasteiger charge is 2.44. The summed E-state index contributed by atoms with van der Waals surface area (Å²) in [6, 6.07) is 6.02. The topological polar surface area (TPSA) is 55.1 Å². The largest absolute Gasteiger partial charge is 0.354 e. The summed E-state index contributed by atoms with van der Waals surface area (Å²) in [6.07, 6.45) is 2.05. The Bertz CT molecular complexity index is 410. The van der Waals surface area contributed by atoms with Crippen LogP contribution in [0.25, 0.3) is 0 Å². The molecule has 2 rings (SSSR count). The Morgan fingerprint density at radius 3 is 2.53 bits per heavy atom. The molecular weight excluding hydrogens is 219 g/mol. The van der Waals surface area contributed by atoms with E-state index in [1.165, 1.54) is 12.1 Å². The van der Waals surface area contributed by atoms with Gasteiger partial charge < -0.3 is 11.1 Å². The van der Waals surface area contributed by atoms with Crippen LogP contribution in [0.4, 0.5) is 4.39 Å². The smallest absolute Gasteiger partial charge is 0.236 e. The summed E-state index contributed by atoms with van der Waals surface area (Å²) in [5.41, 5.74) is 6.57. The zero-order valence-electron chi connectivity index (χ0n) is 9.87. The molecule has 1 aliphatic carbocycles. The maximum absolute atomic E-state index is 12.8. The van der Waals surface area contributed by atoms with Crippen LogP contribution < -0.4 is 11.1 Å². The van der Waals surface area contributed by atoms with Crippen molar-refractivity contribution in [3.8, 4) is 0 Å². The minimum Gasteiger partial charge on any atom is -0.354 e. The van der Waals surface area contributed by atoms with Crippen LogP contribution in [0, 0.1) is 5.82 Å². The van der Waals surface area contributed by atoms with Crippen molar-refractivity contribution in [3.05, 3.63) is 35.6 Å². The SMILES string of the molecule is C[C@H](N)C(=O)NCC1(c2ccc(F)cc2)CC1. The first kappa shape index (κ1) is 12.0.